The second-order valence-corrected chi connectivity index (χ2v) is 2.52. The van der Waals surface area contributed by atoms with E-state index in [1.807, 2.05) is 6.92 Å². The topological polar surface area (TPSA) is 29.5 Å². The van der Waals surface area contributed by atoms with Gasteiger partial charge in [0.25, 0.3) is 0 Å². The number of carbonyl (C=O) groups excluding carboxylic acids is 1. The van der Waals surface area contributed by atoms with Gasteiger partial charge in [-0.1, -0.05) is 6.92 Å². The molecule has 0 aliphatic carbocycles. The number of hydrogen-bond donors (Lipinski definition) is 2. The van der Waals surface area contributed by atoms with E-state index in [2.05, 4.69) is 30.4 Å². The Bertz CT molecular complexity index is 101. The number of thiol groups is 2. The molecule has 0 unspecified atom stereocenters. The summed E-state index contributed by atoms with van der Waals surface area (Å²) in [5, 5.41) is 0. The van der Waals surface area contributed by atoms with Crippen LogP contribution in [0.1, 0.15) is 13.3 Å². The van der Waals surface area contributed by atoms with E-state index in [-0.39, 0.29) is 23.1 Å². The molecule has 0 N–H and O–H groups in total. The van der Waals surface area contributed by atoms with Gasteiger partial charge in [0, 0.05) is 0 Å². The molecule has 0 aromatic rings. The van der Waals surface area contributed by atoms with Crippen molar-refractivity contribution < 1.29 is 9.53 Å². The van der Waals surface area contributed by atoms with Crippen LogP contribution in [0.15, 0.2) is 0 Å². The van der Waals surface area contributed by atoms with E-state index in [9.17, 15) is 4.79 Å². The quantitative estimate of drug-likeness (QED) is 0.497. The molecule has 0 fully saturated rings. The summed E-state index contributed by atoms with van der Waals surface area (Å²) in [4.78, 5) is 10.5. The van der Waals surface area contributed by atoms with Crippen LogP contribution < -0.4 is 0 Å². The number of nitrogens with zero attached hydrogens (tertiary/aromatic N) is 1. The average molecular weight is 194 g/mol. The summed E-state index contributed by atoms with van der Waals surface area (Å²) in [6.07, 6.45) is 0.268. The van der Waals surface area contributed by atoms with Crippen molar-refractivity contribution in [2.75, 3.05) is 6.61 Å². The van der Waals surface area contributed by atoms with E-state index in [1.54, 1.807) is 0 Å². The molecule has 0 heterocycles. The molecular weight excluding hydrogens is 182 g/mol. The predicted octanol–water partition coefficient (Wildman–Crippen LogP) is 0.608. The molecule has 0 aromatic heterocycles. The predicted molar refractivity (Wildman–Crippen MR) is 50.0 cm³/mol. The van der Waals surface area contributed by atoms with Gasteiger partial charge >= 0.3 is 29.1 Å². The molecular formula is C4H11MgNO2S2. The number of ether oxygens (including phenoxy) is 1. The van der Waals surface area contributed by atoms with Crippen LogP contribution >= 0.6 is 25.6 Å². The number of rotatable bonds is 2. The first-order valence-electron chi connectivity index (χ1n) is 2.53. The zero-order chi connectivity index (χ0) is 7.28. The van der Waals surface area contributed by atoms with E-state index >= 15 is 0 Å². The Morgan fingerprint density at radius 2 is 2.10 bits per heavy atom. The molecule has 0 radical (unpaired) electrons. The fourth-order valence-electron chi connectivity index (χ4n) is 0.247. The molecule has 0 saturated heterocycles. The highest BCUT2D eigenvalue weighted by Gasteiger charge is 2.03. The van der Waals surface area contributed by atoms with Crippen molar-refractivity contribution in [3.05, 3.63) is 0 Å². The minimum atomic E-state index is -0.538. The molecule has 0 aromatic carbocycles. The molecule has 10 heavy (non-hydrogen) atoms. The molecule has 0 aliphatic heterocycles. The van der Waals surface area contributed by atoms with Crippen LogP contribution in [0.5, 0.6) is 0 Å². The minimum absolute atomic E-state index is 0. The molecule has 58 valence electrons. The van der Waals surface area contributed by atoms with Gasteiger partial charge in [-0.05, 0) is 32.1 Å². The molecule has 1 amide bonds. The van der Waals surface area contributed by atoms with Gasteiger partial charge < -0.3 is 4.74 Å². The van der Waals surface area contributed by atoms with Gasteiger partial charge in [-0.25, -0.2) is 4.79 Å². The first-order chi connectivity index (χ1) is 4.18. The summed E-state index contributed by atoms with van der Waals surface area (Å²) in [6.45, 7) is 2.32. The molecule has 0 spiro atoms. The van der Waals surface area contributed by atoms with Gasteiger partial charge in [-0.15, -0.1) is 0 Å². The third-order valence-corrected chi connectivity index (χ3v) is 0.920. The number of amides is 1. The molecule has 0 atom stereocenters. The molecule has 0 aliphatic rings. The lowest BCUT2D eigenvalue weighted by Crippen LogP contribution is -2.13. The van der Waals surface area contributed by atoms with Gasteiger partial charge in [0.1, 0.15) is 0 Å². The normalized spacial score (nSPS) is 7.90. The summed E-state index contributed by atoms with van der Waals surface area (Å²) in [5.41, 5.74) is 0. The zero-order valence-electron chi connectivity index (χ0n) is 5.07. The maximum Gasteiger partial charge on any atom is 0.429 e. The maximum atomic E-state index is 10.5. The molecule has 6 heteroatoms. The van der Waals surface area contributed by atoms with Crippen molar-refractivity contribution in [1.29, 1.82) is 0 Å². The summed E-state index contributed by atoms with van der Waals surface area (Å²) >= 11 is 7.18. The second kappa shape index (κ2) is 7.84. The van der Waals surface area contributed by atoms with Crippen LogP contribution in [0, 0.1) is 0 Å². The number of carbonyl (C=O) groups is 1. The van der Waals surface area contributed by atoms with Crippen LogP contribution in [-0.4, -0.2) is 39.5 Å². The van der Waals surface area contributed by atoms with Gasteiger partial charge in [-0.2, -0.15) is 3.71 Å². The summed E-state index contributed by atoms with van der Waals surface area (Å²) < 4.78 is 5.39. The Kier molecular flexibility index (Phi) is 10.5. The van der Waals surface area contributed by atoms with Gasteiger partial charge in [0.05, 0.1) is 6.61 Å². The highest BCUT2D eigenvalue weighted by molar-refractivity contribution is 7.94. The van der Waals surface area contributed by atoms with E-state index < -0.39 is 6.09 Å². The van der Waals surface area contributed by atoms with Crippen LogP contribution in [0.25, 0.3) is 0 Å². The third kappa shape index (κ3) is 6.85. The van der Waals surface area contributed by atoms with E-state index in [1.165, 1.54) is 0 Å². The largest absolute Gasteiger partial charge is 0.448 e. The SMILES string of the molecule is CCCOC(=O)N(S)S.[MgH2]. The van der Waals surface area contributed by atoms with Crippen molar-refractivity contribution in [3.63, 3.8) is 0 Å². The minimum Gasteiger partial charge on any atom is -0.448 e. The summed E-state index contributed by atoms with van der Waals surface area (Å²) in [5.74, 6) is 0. The van der Waals surface area contributed by atoms with Crippen LogP contribution in [0.3, 0.4) is 0 Å². The smallest absolute Gasteiger partial charge is 0.429 e. The fraction of sp³-hybridized carbons (Fsp3) is 0.750. The number of hydrogen-bond acceptors (Lipinski definition) is 4. The standard InChI is InChI=1S/C4H9NO2S2.Mg.2H/c1-2-3-7-4(6)5(8)9;;;/h8-9H,2-3H2,1H3;;;. The van der Waals surface area contributed by atoms with E-state index in [0.717, 1.165) is 10.1 Å². The van der Waals surface area contributed by atoms with Crippen molar-refractivity contribution in [2.45, 2.75) is 13.3 Å². The second-order valence-electron chi connectivity index (χ2n) is 1.40. The van der Waals surface area contributed by atoms with Crippen molar-refractivity contribution in [2.24, 2.45) is 0 Å². The average Bonchev–Trinajstić information content (AvgIpc) is 1.82. The van der Waals surface area contributed by atoms with Crippen LogP contribution in [0.2, 0.25) is 0 Å². The van der Waals surface area contributed by atoms with E-state index in [0.29, 0.717) is 6.61 Å². The lowest BCUT2D eigenvalue weighted by atomic mass is 10.5. The van der Waals surface area contributed by atoms with E-state index in [4.69, 9.17) is 0 Å². The lowest BCUT2D eigenvalue weighted by Gasteiger charge is -2.06. The molecule has 0 bridgehead atoms. The lowest BCUT2D eigenvalue weighted by molar-refractivity contribution is 0.143. The summed E-state index contributed by atoms with van der Waals surface area (Å²) in [7, 11) is 0. The fourth-order valence-corrected chi connectivity index (χ4v) is 0.363. The van der Waals surface area contributed by atoms with Crippen molar-refractivity contribution in [3.8, 4) is 0 Å². The zero-order valence-corrected chi connectivity index (χ0v) is 6.86. The Morgan fingerprint density at radius 3 is 2.40 bits per heavy atom. The first kappa shape index (κ1) is 13.3. The molecule has 0 rings (SSSR count). The Balaban J connectivity index is 0. The maximum absolute atomic E-state index is 10.5. The first-order valence-corrected chi connectivity index (χ1v) is 3.33. The monoisotopic (exact) mass is 193 g/mol. The highest BCUT2D eigenvalue weighted by Crippen LogP contribution is 2.00. The Hall–Kier alpha value is 0.736. The molecule has 3 nitrogen and oxygen atoms in total. The third-order valence-electron chi connectivity index (χ3n) is 0.593. The van der Waals surface area contributed by atoms with Gasteiger partial charge in [0.15, 0.2) is 0 Å². The highest BCUT2D eigenvalue weighted by atomic mass is 32.2. The van der Waals surface area contributed by atoms with Crippen LogP contribution in [0.4, 0.5) is 4.79 Å². The van der Waals surface area contributed by atoms with Gasteiger partial charge in [-0.3, -0.25) is 0 Å². The van der Waals surface area contributed by atoms with Gasteiger partial charge in [0.2, 0.25) is 0 Å². The van der Waals surface area contributed by atoms with Crippen LogP contribution in [-0.2, 0) is 4.74 Å². The van der Waals surface area contributed by atoms with Crippen molar-refractivity contribution >= 4 is 54.8 Å². The molecule has 0 saturated carbocycles. The van der Waals surface area contributed by atoms with Crippen molar-refractivity contribution in [1.82, 2.24) is 3.71 Å². The Morgan fingerprint density at radius 1 is 1.60 bits per heavy atom. The Labute approximate surface area is 87.7 Å². The summed E-state index contributed by atoms with van der Waals surface area (Å²) in [6, 6.07) is 0.